The van der Waals surface area contributed by atoms with E-state index in [0.717, 1.165) is 0 Å². The Hall–Kier alpha value is -3.04. The molecule has 0 aliphatic carbocycles. The molecule has 0 spiro atoms. The molecule has 0 aliphatic rings. The fourth-order valence-electron chi connectivity index (χ4n) is 2.59. The Labute approximate surface area is 181 Å². The summed E-state index contributed by atoms with van der Waals surface area (Å²) in [6.07, 6.45) is 0.611. The fourth-order valence-corrected chi connectivity index (χ4v) is 2.99. The summed E-state index contributed by atoms with van der Waals surface area (Å²) in [5.74, 6) is 0.716. The highest BCUT2D eigenvalue weighted by Gasteiger charge is 2.13. The summed E-state index contributed by atoms with van der Waals surface area (Å²) in [4.78, 5) is 22.4. The molecule has 158 valence electrons. The first-order valence-corrected chi connectivity index (χ1v) is 9.73. The minimum atomic E-state index is -0.485. The van der Waals surface area contributed by atoms with Crippen molar-refractivity contribution >= 4 is 34.8 Å². The highest BCUT2D eigenvalue weighted by Crippen LogP contribution is 2.25. The number of ether oxygens (including phenoxy) is 1. The van der Waals surface area contributed by atoms with Crippen LogP contribution in [0.15, 0.2) is 40.8 Å². The Kier molecular flexibility index (Phi) is 6.96. The van der Waals surface area contributed by atoms with Gasteiger partial charge in [-0.1, -0.05) is 23.2 Å². The molecule has 0 radical (unpaired) electrons. The van der Waals surface area contributed by atoms with E-state index in [1.54, 1.807) is 23.7 Å². The average molecular weight is 453 g/mol. The lowest BCUT2D eigenvalue weighted by atomic mass is 10.3. The van der Waals surface area contributed by atoms with Crippen LogP contribution in [0.5, 0.6) is 5.75 Å². The molecule has 11 heteroatoms. The zero-order valence-corrected chi connectivity index (χ0v) is 17.4. The Bertz CT molecular complexity index is 1050. The van der Waals surface area contributed by atoms with E-state index < -0.39 is 4.92 Å². The average Bonchev–Trinajstić information content (AvgIpc) is 3.30. The van der Waals surface area contributed by atoms with Gasteiger partial charge in [-0.25, -0.2) is 0 Å². The van der Waals surface area contributed by atoms with Crippen LogP contribution in [-0.2, 0) is 13.2 Å². The number of benzene rings is 1. The first-order chi connectivity index (χ1) is 14.3. The Morgan fingerprint density at radius 3 is 2.63 bits per heavy atom. The maximum absolute atomic E-state index is 12.2. The smallest absolute Gasteiger partial charge is 0.286 e. The molecule has 9 nitrogen and oxygen atoms in total. The van der Waals surface area contributed by atoms with E-state index in [1.807, 2.05) is 0 Å². The standard InChI is InChI=1S/C19H18Cl2N4O5/c1-12-17(20)18(21)24(23-12)10-2-9-22-19(26)16-8-7-15(30-16)11-29-14-5-3-13(4-6-14)25(27)28/h3-8H,2,9-11H2,1H3,(H,22,26). The number of nitrogens with one attached hydrogen (secondary N) is 1. The summed E-state index contributed by atoms with van der Waals surface area (Å²) in [6.45, 7) is 2.77. The monoisotopic (exact) mass is 452 g/mol. The summed E-state index contributed by atoms with van der Waals surface area (Å²) in [5, 5.41) is 18.4. The van der Waals surface area contributed by atoms with Gasteiger partial charge in [0.15, 0.2) is 5.76 Å². The third kappa shape index (κ3) is 5.31. The molecule has 30 heavy (non-hydrogen) atoms. The molecule has 0 saturated carbocycles. The molecule has 2 aromatic heterocycles. The molecule has 0 saturated heterocycles. The van der Waals surface area contributed by atoms with Gasteiger partial charge in [0.1, 0.15) is 28.3 Å². The zero-order valence-electron chi connectivity index (χ0n) is 15.9. The van der Waals surface area contributed by atoms with Crippen molar-refractivity contribution in [1.82, 2.24) is 15.1 Å². The first-order valence-electron chi connectivity index (χ1n) is 8.97. The number of amides is 1. The molecule has 3 rings (SSSR count). The number of furan rings is 1. The molecule has 1 aromatic carbocycles. The second-order valence-corrected chi connectivity index (χ2v) is 7.06. The van der Waals surface area contributed by atoms with Crippen molar-refractivity contribution in [1.29, 1.82) is 0 Å². The van der Waals surface area contributed by atoms with E-state index in [9.17, 15) is 14.9 Å². The van der Waals surface area contributed by atoms with E-state index in [4.69, 9.17) is 32.4 Å². The van der Waals surface area contributed by atoms with Gasteiger partial charge in [-0.15, -0.1) is 0 Å². The summed E-state index contributed by atoms with van der Waals surface area (Å²) < 4.78 is 12.6. The lowest BCUT2D eigenvalue weighted by molar-refractivity contribution is -0.384. The number of nitro benzene ring substituents is 1. The predicted octanol–water partition coefficient (Wildman–Crippen LogP) is 4.40. The molecule has 0 atom stereocenters. The number of nitro groups is 1. The van der Waals surface area contributed by atoms with Crippen LogP contribution in [0.1, 0.15) is 28.4 Å². The van der Waals surface area contributed by atoms with Crippen molar-refractivity contribution in [3.8, 4) is 5.75 Å². The van der Waals surface area contributed by atoms with Gasteiger partial charge in [-0.05, 0) is 37.6 Å². The number of hydrogen-bond donors (Lipinski definition) is 1. The van der Waals surface area contributed by atoms with E-state index >= 15 is 0 Å². The molecule has 1 amide bonds. The first kappa shape index (κ1) is 21.7. The van der Waals surface area contributed by atoms with Gasteiger partial charge in [0.2, 0.25) is 0 Å². The molecular formula is C19H18Cl2N4O5. The molecule has 0 unspecified atom stereocenters. The normalized spacial score (nSPS) is 10.8. The molecule has 0 aliphatic heterocycles. The van der Waals surface area contributed by atoms with Crippen molar-refractivity contribution in [2.75, 3.05) is 6.54 Å². The zero-order chi connectivity index (χ0) is 21.7. The van der Waals surface area contributed by atoms with Gasteiger partial charge in [0.25, 0.3) is 11.6 Å². The van der Waals surface area contributed by atoms with Crippen LogP contribution >= 0.6 is 23.2 Å². The molecule has 0 bridgehead atoms. The minimum absolute atomic E-state index is 0.0210. The van der Waals surface area contributed by atoms with Gasteiger partial charge in [0.05, 0.1) is 10.6 Å². The van der Waals surface area contributed by atoms with Crippen LogP contribution < -0.4 is 10.1 Å². The number of nitrogens with zero attached hydrogens (tertiary/aromatic N) is 3. The van der Waals surface area contributed by atoms with Crippen molar-refractivity contribution in [2.24, 2.45) is 0 Å². The summed E-state index contributed by atoms with van der Waals surface area (Å²) in [5.41, 5.74) is 0.636. The van der Waals surface area contributed by atoms with Crippen LogP contribution in [-0.4, -0.2) is 27.2 Å². The van der Waals surface area contributed by atoms with E-state index in [2.05, 4.69) is 10.4 Å². The van der Waals surface area contributed by atoms with E-state index in [-0.39, 0.29) is 24.0 Å². The van der Waals surface area contributed by atoms with Crippen LogP contribution in [0.25, 0.3) is 0 Å². The van der Waals surface area contributed by atoms with Crippen LogP contribution in [0.3, 0.4) is 0 Å². The van der Waals surface area contributed by atoms with Crippen LogP contribution in [0, 0.1) is 17.0 Å². The van der Waals surface area contributed by atoms with Gasteiger partial charge in [-0.2, -0.15) is 5.10 Å². The van der Waals surface area contributed by atoms with Gasteiger partial charge in [-0.3, -0.25) is 19.6 Å². The number of rotatable bonds is 9. The third-order valence-corrected chi connectivity index (χ3v) is 5.08. The van der Waals surface area contributed by atoms with E-state index in [1.165, 1.54) is 24.3 Å². The van der Waals surface area contributed by atoms with Crippen molar-refractivity contribution < 1.29 is 18.9 Å². The number of carbonyl (C=O) groups excluding carboxylic acids is 1. The second kappa shape index (κ2) is 9.64. The van der Waals surface area contributed by atoms with Crippen molar-refractivity contribution in [3.63, 3.8) is 0 Å². The van der Waals surface area contributed by atoms with Gasteiger partial charge >= 0.3 is 0 Å². The maximum Gasteiger partial charge on any atom is 0.286 e. The summed E-state index contributed by atoms with van der Waals surface area (Å²) in [6, 6.07) is 8.88. The van der Waals surface area contributed by atoms with E-state index in [0.29, 0.717) is 46.9 Å². The molecule has 1 N–H and O–H groups in total. The van der Waals surface area contributed by atoms with Crippen LogP contribution in [0.4, 0.5) is 5.69 Å². The van der Waals surface area contributed by atoms with Crippen molar-refractivity contribution in [2.45, 2.75) is 26.5 Å². The third-order valence-electron chi connectivity index (χ3n) is 4.14. The molecule has 0 fully saturated rings. The van der Waals surface area contributed by atoms with Gasteiger partial charge in [0, 0.05) is 25.2 Å². The lowest BCUT2D eigenvalue weighted by Crippen LogP contribution is -2.25. The minimum Gasteiger partial charge on any atom is -0.486 e. The number of halogens is 2. The largest absolute Gasteiger partial charge is 0.486 e. The SMILES string of the molecule is Cc1nn(CCCNC(=O)c2ccc(COc3ccc([N+](=O)[O-])cc3)o2)c(Cl)c1Cl. The van der Waals surface area contributed by atoms with Gasteiger partial charge < -0.3 is 14.5 Å². The number of aromatic nitrogens is 2. The number of hydrogen-bond acceptors (Lipinski definition) is 6. The Balaban J connectivity index is 1.44. The highest BCUT2D eigenvalue weighted by molar-refractivity contribution is 6.41. The topological polar surface area (TPSA) is 112 Å². The second-order valence-electron chi connectivity index (χ2n) is 6.33. The Morgan fingerprint density at radius 1 is 1.27 bits per heavy atom. The maximum atomic E-state index is 12.2. The summed E-state index contributed by atoms with van der Waals surface area (Å²) >= 11 is 12.1. The molecular weight excluding hydrogens is 435 g/mol. The summed E-state index contributed by atoms with van der Waals surface area (Å²) in [7, 11) is 0. The van der Waals surface area contributed by atoms with Crippen molar-refractivity contribution in [3.05, 3.63) is 73.9 Å². The quantitative estimate of drug-likeness (QED) is 0.292. The number of non-ortho nitro benzene ring substituents is 1. The predicted molar refractivity (Wildman–Crippen MR) is 110 cm³/mol. The molecule has 3 aromatic rings. The highest BCUT2D eigenvalue weighted by atomic mass is 35.5. The Morgan fingerprint density at radius 2 is 2.00 bits per heavy atom. The molecule has 2 heterocycles. The fraction of sp³-hybridized carbons (Fsp3) is 0.263. The van der Waals surface area contributed by atoms with Crippen LogP contribution in [0.2, 0.25) is 10.2 Å². The lowest BCUT2D eigenvalue weighted by Gasteiger charge is -2.05. The number of aryl methyl sites for hydroxylation is 2. The number of carbonyl (C=O) groups is 1.